The SMILES string of the molecule is N#Cc1ccc(Oc2ccc(-c3cc(CCO)cc(C(N)=O)n3)cc2)cc1C(F)(F)F. The number of hydrogen-bond acceptors (Lipinski definition) is 5. The molecule has 3 rings (SSSR count). The number of pyridine rings is 1. The smallest absolute Gasteiger partial charge is 0.417 e. The van der Waals surface area contributed by atoms with E-state index in [1.807, 2.05) is 0 Å². The molecule has 0 saturated heterocycles. The molecule has 158 valence electrons. The molecule has 0 aliphatic carbocycles. The minimum atomic E-state index is -4.68. The van der Waals surface area contributed by atoms with Gasteiger partial charge < -0.3 is 15.6 Å². The van der Waals surface area contributed by atoms with Crippen molar-refractivity contribution in [1.29, 1.82) is 5.26 Å². The molecule has 0 unspecified atom stereocenters. The fourth-order valence-corrected chi connectivity index (χ4v) is 2.88. The number of nitrogens with two attached hydrogens (primary N) is 1. The number of halogens is 3. The van der Waals surface area contributed by atoms with Gasteiger partial charge in [-0.2, -0.15) is 18.4 Å². The van der Waals surface area contributed by atoms with Gasteiger partial charge in [0.2, 0.25) is 0 Å². The van der Waals surface area contributed by atoms with Crippen LogP contribution in [0.5, 0.6) is 11.5 Å². The van der Waals surface area contributed by atoms with E-state index in [2.05, 4.69) is 4.98 Å². The molecule has 0 atom stereocenters. The van der Waals surface area contributed by atoms with Crippen LogP contribution in [-0.4, -0.2) is 22.6 Å². The van der Waals surface area contributed by atoms with E-state index in [0.29, 0.717) is 23.2 Å². The van der Waals surface area contributed by atoms with E-state index in [1.54, 1.807) is 18.2 Å². The average Bonchev–Trinajstić information content (AvgIpc) is 2.73. The van der Waals surface area contributed by atoms with E-state index in [4.69, 9.17) is 20.8 Å². The van der Waals surface area contributed by atoms with Crippen LogP contribution in [0, 0.1) is 11.3 Å². The topological polar surface area (TPSA) is 109 Å². The first-order valence-corrected chi connectivity index (χ1v) is 9.02. The number of nitrogens with zero attached hydrogens (tertiary/aromatic N) is 2. The Kier molecular flexibility index (Phi) is 6.22. The Bertz CT molecular complexity index is 1150. The molecule has 0 spiro atoms. The van der Waals surface area contributed by atoms with E-state index >= 15 is 0 Å². The first-order chi connectivity index (χ1) is 14.7. The highest BCUT2D eigenvalue weighted by Crippen LogP contribution is 2.35. The summed E-state index contributed by atoms with van der Waals surface area (Å²) in [5, 5.41) is 18.0. The summed E-state index contributed by atoms with van der Waals surface area (Å²) in [7, 11) is 0. The highest BCUT2D eigenvalue weighted by molar-refractivity contribution is 5.91. The fraction of sp³-hybridized carbons (Fsp3) is 0.136. The second-order valence-corrected chi connectivity index (χ2v) is 6.53. The number of hydrogen-bond donors (Lipinski definition) is 2. The molecule has 0 aliphatic heterocycles. The van der Waals surface area contributed by atoms with Crippen molar-refractivity contribution in [3.63, 3.8) is 0 Å². The quantitative estimate of drug-likeness (QED) is 0.617. The van der Waals surface area contributed by atoms with E-state index < -0.39 is 23.2 Å². The Morgan fingerprint density at radius 3 is 2.35 bits per heavy atom. The largest absolute Gasteiger partial charge is 0.457 e. The van der Waals surface area contributed by atoms with Crippen molar-refractivity contribution < 1.29 is 27.8 Å². The molecule has 6 nitrogen and oxygen atoms in total. The summed E-state index contributed by atoms with van der Waals surface area (Å²) in [5.41, 5.74) is 5.55. The van der Waals surface area contributed by atoms with Crippen molar-refractivity contribution in [2.75, 3.05) is 6.61 Å². The summed E-state index contributed by atoms with van der Waals surface area (Å²) in [6.07, 6.45) is -4.37. The van der Waals surface area contributed by atoms with Gasteiger partial charge in [-0.3, -0.25) is 4.79 Å². The second kappa shape index (κ2) is 8.85. The number of amides is 1. The number of aromatic nitrogens is 1. The molecule has 2 aromatic carbocycles. The average molecular weight is 427 g/mol. The first kappa shape index (κ1) is 21.8. The van der Waals surface area contributed by atoms with Gasteiger partial charge in [0.15, 0.2) is 0 Å². The lowest BCUT2D eigenvalue weighted by Gasteiger charge is -2.12. The number of carbonyl (C=O) groups is 1. The van der Waals surface area contributed by atoms with Crippen LogP contribution in [0.2, 0.25) is 0 Å². The van der Waals surface area contributed by atoms with Crippen LogP contribution in [0.25, 0.3) is 11.3 Å². The summed E-state index contributed by atoms with van der Waals surface area (Å²) in [6, 6.07) is 14.1. The molecule has 31 heavy (non-hydrogen) atoms. The summed E-state index contributed by atoms with van der Waals surface area (Å²) < 4.78 is 44.8. The molecule has 3 aromatic rings. The Morgan fingerprint density at radius 2 is 1.77 bits per heavy atom. The number of carbonyl (C=O) groups excluding carboxylic acids is 1. The molecule has 1 aromatic heterocycles. The highest BCUT2D eigenvalue weighted by Gasteiger charge is 2.34. The Balaban J connectivity index is 1.88. The van der Waals surface area contributed by atoms with Gasteiger partial charge in [-0.05, 0) is 66.6 Å². The summed E-state index contributed by atoms with van der Waals surface area (Å²) >= 11 is 0. The van der Waals surface area contributed by atoms with Gasteiger partial charge in [0.25, 0.3) is 5.91 Å². The van der Waals surface area contributed by atoms with Crippen molar-refractivity contribution in [3.8, 4) is 28.8 Å². The van der Waals surface area contributed by atoms with Gasteiger partial charge in [0, 0.05) is 12.2 Å². The third-order valence-corrected chi connectivity index (χ3v) is 4.34. The maximum atomic E-state index is 13.1. The molecule has 0 saturated carbocycles. The minimum absolute atomic E-state index is 0.0542. The van der Waals surface area contributed by atoms with Gasteiger partial charge in [-0.25, -0.2) is 4.98 Å². The maximum absolute atomic E-state index is 13.1. The zero-order chi connectivity index (χ0) is 22.6. The van der Waals surface area contributed by atoms with Gasteiger partial charge in [-0.1, -0.05) is 0 Å². The van der Waals surface area contributed by atoms with Gasteiger partial charge in [0.05, 0.1) is 22.9 Å². The monoisotopic (exact) mass is 427 g/mol. The molecule has 0 aliphatic rings. The number of ether oxygens (including phenoxy) is 1. The first-order valence-electron chi connectivity index (χ1n) is 9.02. The zero-order valence-corrected chi connectivity index (χ0v) is 16.0. The number of primary amides is 1. The molecule has 0 bridgehead atoms. The number of benzene rings is 2. The van der Waals surface area contributed by atoms with Crippen LogP contribution in [-0.2, 0) is 12.6 Å². The summed E-state index contributed by atoms with van der Waals surface area (Å²) in [4.78, 5) is 15.7. The van der Waals surface area contributed by atoms with Gasteiger partial charge >= 0.3 is 6.18 Å². The van der Waals surface area contributed by atoms with E-state index in [0.717, 1.165) is 12.1 Å². The third kappa shape index (κ3) is 5.18. The maximum Gasteiger partial charge on any atom is 0.417 e. The number of alkyl halides is 3. The molecular weight excluding hydrogens is 411 g/mol. The van der Waals surface area contributed by atoms with Gasteiger partial charge in [-0.15, -0.1) is 0 Å². The Labute approximate surface area is 175 Å². The number of aliphatic hydroxyl groups excluding tert-OH is 1. The van der Waals surface area contributed by atoms with Crippen molar-refractivity contribution in [2.24, 2.45) is 5.73 Å². The molecule has 9 heteroatoms. The predicted octanol–water partition coefficient (Wildman–Crippen LogP) is 4.07. The van der Waals surface area contributed by atoms with Crippen molar-refractivity contribution in [2.45, 2.75) is 12.6 Å². The van der Waals surface area contributed by atoms with Crippen molar-refractivity contribution in [1.82, 2.24) is 4.98 Å². The highest BCUT2D eigenvalue weighted by atomic mass is 19.4. The summed E-state index contributed by atoms with van der Waals surface area (Å²) in [5.74, 6) is -0.511. The van der Waals surface area contributed by atoms with E-state index in [9.17, 15) is 18.0 Å². The fourth-order valence-electron chi connectivity index (χ4n) is 2.88. The molecular formula is C22H16F3N3O3. The predicted molar refractivity (Wildman–Crippen MR) is 105 cm³/mol. The number of rotatable bonds is 6. The van der Waals surface area contributed by atoms with Crippen LogP contribution in [0.4, 0.5) is 13.2 Å². The zero-order valence-electron chi connectivity index (χ0n) is 16.0. The molecule has 1 heterocycles. The lowest BCUT2D eigenvalue weighted by molar-refractivity contribution is -0.137. The van der Waals surface area contributed by atoms with Crippen molar-refractivity contribution in [3.05, 3.63) is 77.0 Å². The summed E-state index contributed by atoms with van der Waals surface area (Å²) in [6.45, 7) is -0.112. The van der Waals surface area contributed by atoms with Crippen molar-refractivity contribution >= 4 is 5.91 Å². The molecule has 0 radical (unpaired) electrons. The van der Waals surface area contributed by atoms with Crippen LogP contribution in [0.3, 0.4) is 0 Å². The number of nitriles is 1. The molecule has 0 fully saturated rings. The van der Waals surface area contributed by atoms with Crippen LogP contribution in [0.1, 0.15) is 27.2 Å². The van der Waals surface area contributed by atoms with Crippen LogP contribution >= 0.6 is 0 Å². The van der Waals surface area contributed by atoms with Crippen LogP contribution < -0.4 is 10.5 Å². The second-order valence-electron chi connectivity index (χ2n) is 6.53. The third-order valence-electron chi connectivity index (χ3n) is 4.34. The van der Waals surface area contributed by atoms with E-state index in [-0.39, 0.29) is 23.8 Å². The minimum Gasteiger partial charge on any atom is -0.457 e. The van der Waals surface area contributed by atoms with Gasteiger partial charge in [0.1, 0.15) is 17.2 Å². The number of aliphatic hydroxyl groups is 1. The lowest BCUT2D eigenvalue weighted by atomic mass is 10.1. The lowest BCUT2D eigenvalue weighted by Crippen LogP contribution is -2.14. The normalized spacial score (nSPS) is 11.1. The van der Waals surface area contributed by atoms with Crippen LogP contribution in [0.15, 0.2) is 54.6 Å². The Morgan fingerprint density at radius 1 is 1.10 bits per heavy atom. The standard InChI is InChI=1S/C22H16F3N3O3/c23-22(24,25)18-11-17(6-3-15(18)12-26)31-16-4-1-14(2-5-16)19-9-13(7-8-29)10-20(28-19)21(27)30/h1-6,9-11,29H,7-8H2,(H2,27,30). The molecule has 3 N–H and O–H groups in total. The Hall–Kier alpha value is -3.90. The molecule has 1 amide bonds. The van der Waals surface area contributed by atoms with E-state index in [1.165, 1.54) is 30.3 Å².